The molecule has 1 saturated heterocycles. The van der Waals surface area contributed by atoms with Crippen molar-refractivity contribution in [2.45, 2.75) is 6.92 Å². The molecule has 0 aromatic heterocycles. The van der Waals surface area contributed by atoms with Crippen molar-refractivity contribution in [3.8, 4) is 11.5 Å². The van der Waals surface area contributed by atoms with Gasteiger partial charge in [-0.05, 0) is 77.6 Å². The van der Waals surface area contributed by atoms with E-state index in [9.17, 15) is 14.4 Å². The number of carbonyl (C=O) groups is 3. The SMILES string of the molecule is CCOC(=O)COc1ccc(C=C2C(=O)NN(c3ccc(I)cc3)C2=O)cc1OC. The lowest BCUT2D eigenvalue weighted by Gasteiger charge is -2.14. The number of amides is 2. The zero-order valence-electron chi connectivity index (χ0n) is 16.3. The first-order valence-electron chi connectivity index (χ1n) is 9.02. The van der Waals surface area contributed by atoms with Crippen molar-refractivity contribution < 1.29 is 28.6 Å². The Hall–Kier alpha value is -3.08. The maximum atomic E-state index is 12.7. The number of esters is 1. The summed E-state index contributed by atoms with van der Waals surface area (Å²) >= 11 is 2.16. The second-order valence-corrected chi connectivity index (χ2v) is 7.37. The number of carbonyl (C=O) groups excluding carboxylic acids is 3. The molecule has 1 heterocycles. The van der Waals surface area contributed by atoms with Crippen LogP contribution in [-0.4, -0.2) is 38.1 Å². The molecule has 2 aromatic carbocycles. The van der Waals surface area contributed by atoms with Gasteiger partial charge in [0.1, 0.15) is 5.57 Å². The molecular formula is C21H19IN2O6. The number of benzene rings is 2. The summed E-state index contributed by atoms with van der Waals surface area (Å²) in [5, 5.41) is 1.21. The number of hydrazine groups is 1. The van der Waals surface area contributed by atoms with E-state index in [1.54, 1.807) is 37.3 Å². The normalized spacial score (nSPS) is 14.6. The van der Waals surface area contributed by atoms with Gasteiger partial charge >= 0.3 is 5.97 Å². The monoisotopic (exact) mass is 522 g/mol. The lowest BCUT2D eigenvalue weighted by atomic mass is 10.1. The third kappa shape index (κ3) is 4.90. The zero-order valence-corrected chi connectivity index (χ0v) is 18.5. The van der Waals surface area contributed by atoms with Crippen LogP contribution in [0.15, 0.2) is 48.0 Å². The van der Waals surface area contributed by atoms with Crippen LogP contribution in [0.25, 0.3) is 6.08 Å². The smallest absolute Gasteiger partial charge is 0.344 e. The van der Waals surface area contributed by atoms with Gasteiger partial charge in [0.15, 0.2) is 18.1 Å². The Bertz CT molecular complexity index is 1000. The van der Waals surface area contributed by atoms with Crippen LogP contribution in [0.1, 0.15) is 12.5 Å². The Labute approximate surface area is 186 Å². The molecule has 8 nitrogen and oxygen atoms in total. The van der Waals surface area contributed by atoms with Gasteiger partial charge in [0, 0.05) is 3.57 Å². The number of anilines is 1. The van der Waals surface area contributed by atoms with Crippen molar-refractivity contribution in [1.29, 1.82) is 0 Å². The van der Waals surface area contributed by atoms with Crippen molar-refractivity contribution in [3.05, 3.63) is 57.2 Å². The van der Waals surface area contributed by atoms with E-state index in [4.69, 9.17) is 14.2 Å². The molecule has 0 atom stereocenters. The van der Waals surface area contributed by atoms with Gasteiger partial charge in [-0.25, -0.2) is 9.80 Å². The van der Waals surface area contributed by atoms with Gasteiger partial charge in [-0.1, -0.05) is 6.07 Å². The number of hydrogen-bond acceptors (Lipinski definition) is 6. The lowest BCUT2D eigenvalue weighted by molar-refractivity contribution is -0.145. The van der Waals surface area contributed by atoms with Crippen LogP contribution in [0.2, 0.25) is 0 Å². The fourth-order valence-electron chi connectivity index (χ4n) is 2.73. The molecule has 9 heteroatoms. The molecule has 156 valence electrons. The maximum Gasteiger partial charge on any atom is 0.344 e. The molecule has 1 fully saturated rings. The molecule has 2 aromatic rings. The Kier molecular flexibility index (Phi) is 6.93. The highest BCUT2D eigenvalue weighted by molar-refractivity contribution is 14.1. The molecular weight excluding hydrogens is 503 g/mol. The second kappa shape index (κ2) is 9.61. The van der Waals surface area contributed by atoms with Crippen LogP contribution in [0.4, 0.5) is 5.69 Å². The molecule has 1 N–H and O–H groups in total. The van der Waals surface area contributed by atoms with Crippen LogP contribution in [-0.2, 0) is 19.1 Å². The van der Waals surface area contributed by atoms with Crippen molar-refractivity contribution in [1.82, 2.24) is 5.43 Å². The van der Waals surface area contributed by atoms with Crippen molar-refractivity contribution in [2.75, 3.05) is 25.3 Å². The molecule has 0 unspecified atom stereocenters. The molecule has 0 saturated carbocycles. The van der Waals surface area contributed by atoms with E-state index in [0.717, 1.165) is 3.57 Å². The summed E-state index contributed by atoms with van der Waals surface area (Å²) in [6.07, 6.45) is 1.47. The molecule has 1 aliphatic heterocycles. The Balaban J connectivity index is 1.80. The molecule has 0 bridgehead atoms. The summed E-state index contributed by atoms with van der Waals surface area (Å²) in [5.41, 5.74) is 3.69. The number of ether oxygens (including phenoxy) is 3. The quantitative estimate of drug-likeness (QED) is 0.260. The summed E-state index contributed by atoms with van der Waals surface area (Å²) in [5.74, 6) is -0.748. The van der Waals surface area contributed by atoms with E-state index >= 15 is 0 Å². The van der Waals surface area contributed by atoms with E-state index in [-0.39, 0.29) is 18.8 Å². The van der Waals surface area contributed by atoms with Crippen molar-refractivity contribution in [2.24, 2.45) is 0 Å². The fourth-order valence-corrected chi connectivity index (χ4v) is 3.09. The predicted molar refractivity (Wildman–Crippen MR) is 118 cm³/mol. The Morgan fingerprint density at radius 1 is 1.13 bits per heavy atom. The first-order chi connectivity index (χ1) is 14.4. The summed E-state index contributed by atoms with van der Waals surface area (Å²) in [6.45, 7) is 1.72. The summed E-state index contributed by atoms with van der Waals surface area (Å²) < 4.78 is 16.6. The first kappa shape index (κ1) is 21.6. The fraction of sp³-hybridized carbons (Fsp3) is 0.190. The van der Waals surface area contributed by atoms with E-state index in [0.29, 0.717) is 22.7 Å². The second-order valence-electron chi connectivity index (χ2n) is 6.12. The number of hydrogen-bond donors (Lipinski definition) is 1. The van der Waals surface area contributed by atoms with Gasteiger partial charge in [-0.2, -0.15) is 0 Å². The highest BCUT2D eigenvalue weighted by Gasteiger charge is 2.34. The van der Waals surface area contributed by atoms with E-state index in [2.05, 4.69) is 28.0 Å². The van der Waals surface area contributed by atoms with Gasteiger partial charge < -0.3 is 14.2 Å². The summed E-state index contributed by atoms with van der Waals surface area (Å²) in [4.78, 5) is 36.5. The third-order valence-corrected chi connectivity index (χ3v) is 4.84. The standard InChI is InChI=1S/C21H19IN2O6/c1-3-29-19(25)12-30-17-9-4-13(11-18(17)28-2)10-16-20(26)23-24(21(16)27)15-7-5-14(22)6-8-15/h4-11H,3,12H2,1-2H3,(H,23,26). The number of nitrogens with zero attached hydrogens (tertiary/aromatic N) is 1. The van der Waals surface area contributed by atoms with Crippen LogP contribution in [0, 0.1) is 3.57 Å². The van der Waals surface area contributed by atoms with Gasteiger partial charge in [-0.3, -0.25) is 15.0 Å². The average Bonchev–Trinajstić information content (AvgIpc) is 3.01. The van der Waals surface area contributed by atoms with Crippen LogP contribution in [0.3, 0.4) is 0 Å². The maximum absolute atomic E-state index is 12.7. The first-order valence-corrected chi connectivity index (χ1v) is 10.1. The molecule has 0 spiro atoms. The van der Waals surface area contributed by atoms with E-state index in [1.165, 1.54) is 18.2 Å². The molecule has 0 aliphatic carbocycles. The number of rotatable bonds is 7. The van der Waals surface area contributed by atoms with Gasteiger partial charge in [0.2, 0.25) is 0 Å². The van der Waals surface area contributed by atoms with Crippen LogP contribution in [0.5, 0.6) is 11.5 Å². The Morgan fingerprint density at radius 2 is 1.87 bits per heavy atom. The third-order valence-electron chi connectivity index (χ3n) is 4.13. The zero-order chi connectivity index (χ0) is 21.7. The minimum Gasteiger partial charge on any atom is -0.493 e. The van der Waals surface area contributed by atoms with Crippen molar-refractivity contribution in [3.63, 3.8) is 0 Å². The molecule has 30 heavy (non-hydrogen) atoms. The lowest BCUT2D eigenvalue weighted by Crippen LogP contribution is -2.35. The summed E-state index contributed by atoms with van der Waals surface area (Å²) in [7, 11) is 1.45. The topological polar surface area (TPSA) is 94.2 Å². The molecule has 3 rings (SSSR count). The van der Waals surface area contributed by atoms with Crippen LogP contribution >= 0.6 is 22.6 Å². The van der Waals surface area contributed by atoms with E-state index < -0.39 is 17.8 Å². The molecule has 1 aliphatic rings. The Morgan fingerprint density at radius 3 is 2.53 bits per heavy atom. The number of halogens is 1. The van der Waals surface area contributed by atoms with Crippen molar-refractivity contribution >= 4 is 52.1 Å². The number of nitrogens with one attached hydrogen (secondary N) is 1. The highest BCUT2D eigenvalue weighted by Crippen LogP contribution is 2.30. The van der Waals surface area contributed by atoms with Gasteiger partial charge in [0.05, 0.1) is 19.4 Å². The minimum absolute atomic E-state index is 0.00389. The van der Waals surface area contributed by atoms with Gasteiger partial charge in [-0.15, -0.1) is 0 Å². The van der Waals surface area contributed by atoms with E-state index in [1.807, 2.05) is 12.1 Å². The van der Waals surface area contributed by atoms with Crippen LogP contribution < -0.4 is 19.9 Å². The average molecular weight is 522 g/mol. The number of methoxy groups -OCH3 is 1. The predicted octanol–water partition coefficient (Wildman–Crippen LogP) is 2.70. The molecule has 0 radical (unpaired) electrons. The largest absolute Gasteiger partial charge is 0.493 e. The van der Waals surface area contributed by atoms with Gasteiger partial charge in [0.25, 0.3) is 11.8 Å². The minimum atomic E-state index is -0.500. The molecule has 2 amide bonds. The summed E-state index contributed by atoms with van der Waals surface area (Å²) in [6, 6.07) is 12.1. The highest BCUT2D eigenvalue weighted by atomic mass is 127.